The standard InChI is InChI=1S/C14H19N7O3/c1-19(14(22)24-21-10-15-8-18-21)11-3-5-20(6-4-11)12-7-13(23-2)17-9-16-12/h7-11H,3-6H2,1-2H3. The molecule has 3 rings (SSSR count). The maximum atomic E-state index is 12.1. The van der Waals surface area contributed by atoms with Crippen molar-refractivity contribution in [2.24, 2.45) is 0 Å². The average Bonchev–Trinajstić information content (AvgIpc) is 3.14. The molecule has 2 aromatic heterocycles. The summed E-state index contributed by atoms with van der Waals surface area (Å²) in [4.78, 5) is 34.0. The number of ether oxygens (including phenoxy) is 1. The normalized spacial score (nSPS) is 15.2. The number of methoxy groups -OCH3 is 1. The molecule has 0 N–H and O–H groups in total. The molecule has 1 saturated heterocycles. The van der Waals surface area contributed by atoms with Crippen LogP contribution in [0.15, 0.2) is 25.0 Å². The Kier molecular flexibility index (Phi) is 4.73. The van der Waals surface area contributed by atoms with Crippen molar-refractivity contribution in [3.63, 3.8) is 0 Å². The van der Waals surface area contributed by atoms with Crippen molar-refractivity contribution in [1.82, 2.24) is 29.8 Å². The molecule has 24 heavy (non-hydrogen) atoms. The third kappa shape index (κ3) is 3.53. The molecule has 2 aromatic rings. The highest BCUT2D eigenvalue weighted by Gasteiger charge is 2.27. The molecule has 0 atom stereocenters. The minimum atomic E-state index is -0.456. The highest BCUT2D eigenvalue weighted by atomic mass is 16.7. The lowest BCUT2D eigenvalue weighted by atomic mass is 10.0. The lowest BCUT2D eigenvalue weighted by Crippen LogP contribution is -2.47. The van der Waals surface area contributed by atoms with E-state index in [1.807, 2.05) is 6.07 Å². The van der Waals surface area contributed by atoms with Crippen LogP contribution < -0.4 is 14.5 Å². The molecule has 0 spiro atoms. The van der Waals surface area contributed by atoms with Crippen molar-refractivity contribution >= 4 is 11.9 Å². The number of piperidine rings is 1. The maximum absolute atomic E-state index is 12.1. The largest absolute Gasteiger partial charge is 0.481 e. The minimum Gasteiger partial charge on any atom is -0.481 e. The van der Waals surface area contributed by atoms with Crippen LogP contribution in [0.1, 0.15) is 12.8 Å². The highest BCUT2D eigenvalue weighted by Crippen LogP contribution is 2.22. The topological polar surface area (TPSA) is 98.5 Å². The van der Waals surface area contributed by atoms with E-state index >= 15 is 0 Å². The number of rotatable bonds is 4. The second-order valence-electron chi connectivity index (χ2n) is 5.40. The molecule has 128 valence electrons. The summed E-state index contributed by atoms with van der Waals surface area (Å²) in [5, 5.41) is 3.75. The molecule has 0 radical (unpaired) electrons. The van der Waals surface area contributed by atoms with Crippen LogP contribution in [0.3, 0.4) is 0 Å². The van der Waals surface area contributed by atoms with Crippen molar-refractivity contribution in [2.75, 3.05) is 32.1 Å². The predicted molar refractivity (Wildman–Crippen MR) is 83.6 cm³/mol. The second-order valence-corrected chi connectivity index (χ2v) is 5.40. The maximum Gasteiger partial charge on any atom is 0.435 e. The van der Waals surface area contributed by atoms with E-state index in [9.17, 15) is 4.79 Å². The van der Waals surface area contributed by atoms with Crippen LogP contribution >= 0.6 is 0 Å². The molecule has 0 saturated carbocycles. The molecule has 0 bridgehead atoms. The fourth-order valence-electron chi connectivity index (χ4n) is 2.63. The second kappa shape index (κ2) is 7.11. The van der Waals surface area contributed by atoms with Gasteiger partial charge in [-0.3, -0.25) is 4.84 Å². The van der Waals surface area contributed by atoms with Crippen LogP contribution in [0.5, 0.6) is 5.88 Å². The van der Waals surface area contributed by atoms with Crippen molar-refractivity contribution in [2.45, 2.75) is 18.9 Å². The smallest absolute Gasteiger partial charge is 0.435 e. The average molecular weight is 333 g/mol. The van der Waals surface area contributed by atoms with E-state index in [0.717, 1.165) is 36.6 Å². The number of hydrogen-bond donors (Lipinski definition) is 0. The van der Waals surface area contributed by atoms with Crippen LogP contribution in [0.2, 0.25) is 0 Å². The fraction of sp³-hybridized carbons (Fsp3) is 0.500. The van der Waals surface area contributed by atoms with Crippen molar-refractivity contribution in [3.05, 3.63) is 25.0 Å². The third-order valence-electron chi connectivity index (χ3n) is 4.03. The summed E-state index contributed by atoms with van der Waals surface area (Å²) < 4.78 is 5.13. The van der Waals surface area contributed by atoms with Gasteiger partial charge in [0.05, 0.1) is 7.11 Å². The molecule has 1 fully saturated rings. The van der Waals surface area contributed by atoms with E-state index in [4.69, 9.17) is 9.57 Å². The summed E-state index contributed by atoms with van der Waals surface area (Å²) in [5.41, 5.74) is 0. The number of hydrogen-bond acceptors (Lipinski definition) is 8. The number of aromatic nitrogens is 5. The molecule has 10 heteroatoms. The van der Waals surface area contributed by atoms with Gasteiger partial charge in [-0.15, -0.1) is 5.10 Å². The quantitative estimate of drug-likeness (QED) is 0.784. The number of amides is 1. The molecular formula is C14H19N7O3. The predicted octanol–water partition coefficient (Wildman–Crippen LogP) is 0.226. The summed E-state index contributed by atoms with van der Waals surface area (Å²) in [6.45, 7) is 1.57. The number of anilines is 1. The van der Waals surface area contributed by atoms with Crippen LogP contribution in [0, 0.1) is 0 Å². The van der Waals surface area contributed by atoms with E-state index in [2.05, 4.69) is 25.0 Å². The molecule has 0 unspecified atom stereocenters. The first-order valence-corrected chi connectivity index (χ1v) is 7.58. The van der Waals surface area contributed by atoms with Crippen LogP contribution in [0.4, 0.5) is 10.6 Å². The first-order valence-electron chi connectivity index (χ1n) is 7.58. The lowest BCUT2D eigenvalue weighted by molar-refractivity contribution is 0.0701. The number of carbonyl (C=O) groups is 1. The van der Waals surface area contributed by atoms with E-state index in [1.165, 1.54) is 19.0 Å². The summed E-state index contributed by atoms with van der Waals surface area (Å²) in [6, 6.07) is 1.91. The first-order chi connectivity index (χ1) is 11.7. The van der Waals surface area contributed by atoms with E-state index < -0.39 is 6.09 Å². The van der Waals surface area contributed by atoms with Gasteiger partial charge in [-0.2, -0.15) is 0 Å². The van der Waals surface area contributed by atoms with Crippen LogP contribution in [0.25, 0.3) is 0 Å². The Morgan fingerprint density at radius 3 is 2.75 bits per heavy atom. The molecule has 0 aliphatic carbocycles. The Morgan fingerprint density at radius 1 is 1.29 bits per heavy atom. The van der Waals surface area contributed by atoms with Gasteiger partial charge in [0.25, 0.3) is 0 Å². The number of carbonyl (C=O) groups excluding carboxylic acids is 1. The zero-order chi connectivity index (χ0) is 16.9. The summed E-state index contributed by atoms with van der Waals surface area (Å²) in [5.74, 6) is 1.36. The molecule has 1 aliphatic heterocycles. The Labute approximate surface area is 139 Å². The van der Waals surface area contributed by atoms with Gasteiger partial charge in [0, 0.05) is 32.2 Å². The van der Waals surface area contributed by atoms with Crippen LogP contribution in [-0.4, -0.2) is 69.2 Å². The Morgan fingerprint density at radius 2 is 2.08 bits per heavy atom. The van der Waals surface area contributed by atoms with Gasteiger partial charge in [0.2, 0.25) is 5.88 Å². The molecule has 3 heterocycles. The van der Waals surface area contributed by atoms with Gasteiger partial charge >= 0.3 is 6.09 Å². The zero-order valence-corrected chi connectivity index (χ0v) is 13.6. The van der Waals surface area contributed by atoms with Gasteiger partial charge < -0.3 is 14.5 Å². The van der Waals surface area contributed by atoms with Gasteiger partial charge in [-0.05, 0) is 12.8 Å². The Bertz CT molecular complexity index is 671. The molecule has 0 aromatic carbocycles. The monoisotopic (exact) mass is 333 g/mol. The lowest BCUT2D eigenvalue weighted by Gasteiger charge is -2.36. The van der Waals surface area contributed by atoms with Crippen molar-refractivity contribution in [3.8, 4) is 5.88 Å². The zero-order valence-electron chi connectivity index (χ0n) is 13.6. The summed E-state index contributed by atoms with van der Waals surface area (Å²) in [7, 11) is 3.31. The first kappa shape index (κ1) is 16.0. The minimum absolute atomic E-state index is 0.0982. The molecular weight excluding hydrogens is 314 g/mol. The molecule has 1 amide bonds. The molecule has 1 aliphatic rings. The van der Waals surface area contributed by atoms with Gasteiger partial charge in [0.1, 0.15) is 18.5 Å². The SMILES string of the molecule is COc1cc(N2CCC(N(C)C(=O)On3cncn3)CC2)ncn1. The summed E-state index contributed by atoms with van der Waals surface area (Å²) in [6.07, 6.45) is 5.30. The number of nitrogens with zero attached hydrogens (tertiary/aromatic N) is 7. The Balaban J connectivity index is 1.55. The van der Waals surface area contributed by atoms with E-state index in [0.29, 0.717) is 5.88 Å². The van der Waals surface area contributed by atoms with E-state index in [1.54, 1.807) is 19.1 Å². The van der Waals surface area contributed by atoms with Crippen molar-refractivity contribution in [1.29, 1.82) is 0 Å². The van der Waals surface area contributed by atoms with E-state index in [-0.39, 0.29) is 6.04 Å². The Hall–Kier alpha value is -2.91. The summed E-state index contributed by atoms with van der Waals surface area (Å²) >= 11 is 0. The fourth-order valence-corrected chi connectivity index (χ4v) is 2.63. The van der Waals surface area contributed by atoms with Gasteiger partial charge in [-0.25, -0.2) is 19.7 Å². The van der Waals surface area contributed by atoms with Crippen LogP contribution in [-0.2, 0) is 0 Å². The van der Waals surface area contributed by atoms with Gasteiger partial charge in [0.15, 0.2) is 6.33 Å². The van der Waals surface area contributed by atoms with Crippen molar-refractivity contribution < 1.29 is 14.4 Å². The third-order valence-corrected chi connectivity index (χ3v) is 4.03. The molecule has 10 nitrogen and oxygen atoms in total. The van der Waals surface area contributed by atoms with Gasteiger partial charge in [-0.1, -0.05) is 4.85 Å². The highest BCUT2D eigenvalue weighted by molar-refractivity contribution is 5.67.